The molecule has 4 atom stereocenters. The zero-order valence-electron chi connectivity index (χ0n) is 25.5. The highest BCUT2D eigenvalue weighted by atomic mass is 16.3. The lowest BCUT2D eigenvalue weighted by Gasteiger charge is -2.41. The monoisotopic (exact) mass is 584 g/mol. The number of hydrogen-bond donors (Lipinski definition) is 4. The highest BCUT2D eigenvalue weighted by Gasteiger charge is 2.50. The van der Waals surface area contributed by atoms with E-state index in [0.717, 1.165) is 73.4 Å². The van der Waals surface area contributed by atoms with E-state index in [1.54, 1.807) is 6.20 Å². The molecule has 4 N–H and O–H groups in total. The summed E-state index contributed by atoms with van der Waals surface area (Å²) in [7, 11) is 0. The lowest BCUT2D eigenvalue weighted by Crippen LogP contribution is -2.53. The minimum absolute atomic E-state index is 0.127. The number of anilines is 4. The molecule has 228 valence electrons. The van der Waals surface area contributed by atoms with Crippen LogP contribution in [-0.4, -0.2) is 82.4 Å². The number of aromatic nitrogens is 3. The summed E-state index contributed by atoms with van der Waals surface area (Å²) < 4.78 is 0. The molecule has 3 aromatic rings. The maximum Gasteiger partial charge on any atom is 0.271 e. The zero-order valence-corrected chi connectivity index (χ0v) is 25.5. The lowest BCUT2D eigenvalue weighted by molar-refractivity contribution is 0.155. The lowest BCUT2D eigenvalue weighted by atomic mass is 9.88. The first kappa shape index (κ1) is 28.3. The Bertz CT molecular complexity index is 1520. The highest BCUT2D eigenvalue weighted by molar-refractivity contribution is 5.75. The van der Waals surface area contributed by atoms with Crippen molar-refractivity contribution in [1.29, 1.82) is 0 Å². The van der Waals surface area contributed by atoms with Gasteiger partial charge in [0.05, 0.1) is 18.5 Å². The minimum atomic E-state index is -0.226. The number of nitrogens with one attached hydrogen (secondary N) is 3. The van der Waals surface area contributed by atoms with Crippen LogP contribution in [0.15, 0.2) is 47.7 Å². The standard InChI is InChI=1S/C33H44N8O2/c1-21-16-34-8-9-40(21)24-4-5-30(36-18-24)38-28-13-23(17-37-32(28)43)26-6-7-35-31(27(26)20-42)39-10-11-41-25(19-39)12-22-14-33(2,3)15-29(22)41/h4-7,13,17-18,21-22,25,29,34,42H,8-12,14-16,19-20H2,1-3H3,(H,36,38)(H,37,43)/t21-,22?,25?,29?/m0/s1. The Morgan fingerprint density at radius 1 is 1.14 bits per heavy atom. The first-order chi connectivity index (χ1) is 20.8. The fourth-order valence-corrected chi connectivity index (χ4v) is 8.25. The molecule has 10 nitrogen and oxygen atoms in total. The smallest absolute Gasteiger partial charge is 0.271 e. The van der Waals surface area contributed by atoms with Gasteiger partial charge in [0.1, 0.15) is 17.3 Å². The van der Waals surface area contributed by atoms with E-state index in [1.165, 1.54) is 19.3 Å². The van der Waals surface area contributed by atoms with E-state index in [0.29, 0.717) is 35.0 Å². The van der Waals surface area contributed by atoms with E-state index >= 15 is 0 Å². The molecule has 0 radical (unpaired) electrons. The first-order valence-corrected chi connectivity index (χ1v) is 15.8. The molecule has 7 rings (SSSR count). The normalized spacial score (nSPS) is 26.8. The Balaban J connectivity index is 1.10. The maximum atomic E-state index is 12.8. The van der Waals surface area contributed by atoms with Crippen LogP contribution in [0.3, 0.4) is 0 Å². The predicted octanol–water partition coefficient (Wildman–Crippen LogP) is 3.57. The number of aliphatic hydroxyl groups is 1. The van der Waals surface area contributed by atoms with Crippen LogP contribution in [-0.2, 0) is 6.61 Å². The average molecular weight is 585 g/mol. The molecular weight excluding hydrogens is 540 g/mol. The van der Waals surface area contributed by atoms with Crippen molar-refractivity contribution >= 4 is 23.0 Å². The van der Waals surface area contributed by atoms with Gasteiger partial charge in [-0.2, -0.15) is 0 Å². The van der Waals surface area contributed by atoms with Crippen LogP contribution >= 0.6 is 0 Å². The van der Waals surface area contributed by atoms with Crippen LogP contribution in [0.1, 0.15) is 45.6 Å². The molecular formula is C33H44N8O2. The molecule has 6 heterocycles. The predicted molar refractivity (Wildman–Crippen MR) is 171 cm³/mol. The second-order valence-corrected chi connectivity index (χ2v) is 13.7. The number of pyridine rings is 3. The fraction of sp³-hybridized carbons (Fsp3) is 0.545. The summed E-state index contributed by atoms with van der Waals surface area (Å²) in [4.78, 5) is 32.5. The van der Waals surface area contributed by atoms with E-state index in [-0.39, 0.29) is 12.2 Å². The average Bonchev–Trinajstić information content (AvgIpc) is 3.49. The van der Waals surface area contributed by atoms with Crippen molar-refractivity contribution in [2.24, 2.45) is 11.3 Å². The topological polar surface area (TPSA) is 113 Å². The SMILES string of the molecule is C[C@H]1CNCCN1c1ccc(Nc2cc(-c3ccnc(N4CCN5C(CC6CC(C)(C)CC65)C4)c3CO)c[nH]c2=O)nc1. The molecule has 0 aromatic carbocycles. The van der Waals surface area contributed by atoms with Gasteiger partial charge >= 0.3 is 0 Å². The van der Waals surface area contributed by atoms with Crippen LogP contribution < -0.4 is 26.0 Å². The van der Waals surface area contributed by atoms with Crippen molar-refractivity contribution < 1.29 is 5.11 Å². The number of piperazine rings is 2. The summed E-state index contributed by atoms with van der Waals surface area (Å²) in [6.45, 7) is 12.6. The van der Waals surface area contributed by atoms with E-state index < -0.39 is 0 Å². The summed E-state index contributed by atoms with van der Waals surface area (Å²) in [5, 5.41) is 17.2. The molecule has 4 fully saturated rings. The summed E-state index contributed by atoms with van der Waals surface area (Å²) >= 11 is 0. The van der Waals surface area contributed by atoms with Gasteiger partial charge < -0.3 is 30.5 Å². The number of aromatic amines is 1. The first-order valence-electron chi connectivity index (χ1n) is 15.8. The fourth-order valence-electron chi connectivity index (χ4n) is 8.25. The minimum Gasteiger partial charge on any atom is -0.392 e. The third kappa shape index (κ3) is 5.41. The summed E-state index contributed by atoms with van der Waals surface area (Å²) in [6.07, 6.45) is 9.25. The number of H-pyrrole nitrogens is 1. The molecule has 3 aliphatic heterocycles. The van der Waals surface area contributed by atoms with Crippen LogP contribution in [0.2, 0.25) is 0 Å². The van der Waals surface area contributed by atoms with Crippen molar-refractivity contribution in [2.45, 2.75) is 64.8 Å². The Kier molecular flexibility index (Phi) is 7.39. The molecule has 3 aromatic heterocycles. The molecule has 43 heavy (non-hydrogen) atoms. The third-order valence-electron chi connectivity index (χ3n) is 10.2. The number of aliphatic hydroxyl groups excluding tert-OH is 1. The van der Waals surface area contributed by atoms with Gasteiger partial charge in [-0.25, -0.2) is 9.97 Å². The second kappa shape index (κ2) is 11.2. The molecule has 3 saturated heterocycles. The van der Waals surface area contributed by atoms with Gasteiger partial charge in [0.15, 0.2) is 0 Å². The van der Waals surface area contributed by atoms with Gasteiger partial charge in [-0.1, -0.05) is 13.8 Å². The maximum absolute atomic E-state index is 12.8. The van der Waals surface area contributed by atoms with Gasteiger partial charge in [-0.3, -0.25) is 9.69 Å². The van der Waals surface area contributed by atoms with E-state index in [1.807, 2.05) is 36.7 Å². The van der Waals surface area contributed by atoms with Crippen molar-refractivity contribution in [3.05, 3.63) is 58.8 Å². The molecule has 0 spiro atoms. The second-order valence-electron chi connectivity index (χ2n) is 13.7. The van der Waals surface area contributed by atoms with E-state index in [4.69, 9.17) is 4.98 Å². The zero-order chi connectivity index (χ0) is 29.7. The van der Waals surface area contributed by atoms with Gasteiger partial charge in [-0.05, 0) is 67.3 Å². The van der Waals surface area contributed by atoms with Gasteiger partial charge in [0.25, 0.3) is 5.56 Å². The van der Waals surface area contributed by atoms with E-state index in [9.17, 15) is 9.90 Å². The molecule has 1 saturated carbocycles. The van der Waals surface area contributed by atoms with Crippen molar-refractivity contribution in [2.75, 3.05) is 54.4 Å². The highest BCUT2D eigenvalue weighted by Crippen LogP contribution is 2.50. The van der Waals surface area contributed by atoms with Crippen molar-refractivity contribution in [3.63, 3.8) is 0 Å². The van der Waals surface area contributed by atoms with Crippen LogP contribution in [0.5, 0.6) is 0 Å². The number of hydrogen-bond acceptors (Lipinski definition) is 9. The van der Waals surface area contributed by atoms with Crippen LogP contribution in [0.4, 0.5) is 23.0 Å². The third-order valence-corrected chi connectivity index (χ3v) is 10.2. The Morgan fingerprint density at radius 3 is 2.81 bits per heavy atom. The molecule has 1 aliphatic carbocycles. The van der Waals surface area contributed by atoms with Gasteiger partial charge in [0.2, 0.25) is 0 Å². The molecule has 10 heteroatoms. The Morgan fingerprint density at radius 2 is 2.02 bits per heavy atom. The molecule has 3 unspecified atom stereocenters. The number of fused-ring (bicyclic) bond motifs is 3. The van der Waals surface area contributed by atoms with Crippen molar-refractivity contribution in [3.8, 4) is 11.1 Å². The Hall–Kier alpha value is -3.47. The quantitative estimate of drug-likeness (QED) is 0.346. The van der Waals surface area contributed by atoms with Gasteiger partial charge in [-0.15, -0.1) is 0 Å². The largest absolute Gasteiger partial charge is 0.392 e. The molecule has 0 bridgehead atoms. The van der Waals surface area contributed by atoms with Crippen LogP contribution in [0, 0.1) is 11.3 Å². The van der Waals surface area contributed by atoms with E-state index in [2.05, 4.69) is 56.1 Å². The summed E-state index contributed by atoms with van der Waals surface area (Å²) in [5.41, 5.74) is 4.18. The molecule has 4 aliphatic rings. The van der Waals surface area contributed by atoms with Crippen molar-refractivity contribution in [1.82, 2.24) is 25.2 Å². The number of nitrogens with zero attached hydrogens (tertiary/aromatic N) is 5. The van der Waals surface area contributed by atoms with Crippen LogP contribution in [0.25, 0.3) is 11.1 Å². The summed E-state index contributed by atoms with van der Waals surface area (Å²) in [6, 6.07) is 9.37. The van der Waals surface area contributed by atoms with Gasteiger partial charge in [0, 0.05) is 80.9 Å². The number of rotatable bonds is 6. The Labute approximate surface area is 253 Å². The molecule has 0 amide bonds. The summed E-state index contributed by atoms with van der Waals surface area (Å²) in [5.74, 6) is 2.24.